The van der Waals surface area contributed by atoms with Gasteiger partial charge in [-0.2, -0.15) is 0 Å². The molecular formula is C37H58. The zero-order valence-electron chi connectivity index (χ0n) is 25.4. The van der Waals surface area contributed by atoms with E-state index < -0.39 is 0 Å². The van der Waals surface area contributed by atoms with Crippen molar-refractivity contribution in [3.05, 3.63) is 0 Å². The van der Waals surface area contributed by atoms with E-state index in [9.17, 15) is 0 Å². The van der Waals surface area contributed by atoms with E-state index in [1.54, 1.807) is 0 Å². The molecule has 0 spiro atoms. The lowest BCUT2D eigenvalue weighted by Crippen LogP contribution is -2.07. The zero-order chi connectivity index (χ0) is 26.6. The Bertz CT molecular complexity index is 752. The van der Waals surface area contributed by atoms with Crippen LogP contribution in [0.1, 0.15) is 138 Å². The first-order valence-corrected chi connectivity index (χ1v) is 16.3. The minimum absolute atomic E-state index is 0.676. The number of rotatable bonds is 5. The predicted molar refractivity (Wildman–Crippen MR) is 162 cm³/mol. The maximum atomic E-state index is 3.37. The Kier molecular flexibility index (Phi) is 13.0. The van der Waals surface area contributed by atoms with Gasteiger partial charge in [-0.1, -0.05) is 60.3 Å². The van der Waals surface area contributed by atoms with E-state index in [1.807, 2.05) is 0 Å². The molecule has 3 unspecified atom stereocenters. The number of hydrogen-bond acceptors (Lipinski definition) is 0. The van der Waals surface area contributed by atoms with Crippen molar-refractivity contribution in [1.29, 1.82) is 0 Å². The Hall–Kier alpha value is -1.32. The molecular weight excluding hydrogens is 444 g/mol. The summed E-state index contributed by atoms with van der Waals surface area (Å²) in [5, 5.41) is 0. The van der Waals surface area contributed by atoms with Gasteiger partial charge < -0.3 is 0 Å². The van der Waals surface area contributed by atoms with Crippen molar-refractivity contribution in [2.45, 2.75) is 138 Å². The molecule has 206 valence electrons. The van der Waals surface area contributed by atoms with Crippen molar-refractivity contribution >= 4 is 0 Å². The van der Waals surface area contributed by atoms with Gasteiger partial charge in [0.2, 0.25) is 0 Å². The molecule has 7 atom stereocenters. The second-order valence-corrected chi connectivity index (χ2v) is 13.9. The van der Waals surface area contributed by atoms with Gasteiger partial charge >= 0.3 is 0 Å². The second-order valence-electron chi connectivity index (χ2n) is 13.9. The minimum Gasteiger partial charge on any atom is -0.103 e. The average Bonchev–Trinajstić information content (AvgIpc) is 3.61. The van der Waals surface area contributed by atoms with E-state index in [4.69, 9.17) is 0 Å². The number of hydrogen-bond donors (Lipinski definition) is 0. The first-order valence-electron chi connectivity index (χ1n) is 16.3. The second kappa shape index (κ2) is 15.9. The molecule has 0 aromatic carbocycles. The fourth-order valence-corrected chi connectivity index (χ4v) is 7.39. The lowest BCUT2D eigenvalue weighted by molar-refractivity contribution is 0.425. The lowest BCUT2D eigenvalue weighted by atomic mass is 9.89. The summed E-state index contributed by atoms with van der Waals surface area (Å²) in [6.45, 7) is 14.0. The first-order chi connectivity index (χ1) is 17.9. The van der Waals surface area contributed by atoms with Gasteiger partial charge in [0.15, 0.2) is 0 Å². The molecule has 0 saturated heterocycles. The SMILES string of the molecule is CC(C)C1C#CCCCCC1.CC(C)CC1[C@H]2CCC#CCC[C@@H]12.CC(C)CC1[C@H]2CCC#CCC[C@@H]12. The molecule has 0 N–H and O–H groups in total. The largest absolute Gasteiger partial charge is 0.103 e. The van der Waals surface area contributed by atoms with Crippen molar-refractivity contribution in [3.63, 3.8) is 0 Å². The molecule has 2 fully saturated rings. The third kappa shape index (κ3) is 10.8. The molecule has 0 aromatic heterocycles. The minimum atomic E-state index is 0.676. The molecule has 0 amide bonds. The Morgan fingerprint density at radius 1 is 0.486 bits per heavy atom. The van der Waals surface area contributed by atoms with Crippen LogP contribution in [0.5, 0.6) is 0 Å². The smallest absolute Gasteiger partial charge is 0.0225 e. The normalized spacial score (nSPS) is 33.5. The van der Waals surface area contributed by atoms with E-state index in [0.717, 1.165) is 85.4 Å². The van der Waals surface area contributed by atoms with Gasteiger partial charge in [0.1, 0.15) is 0 Å². The van der Waals surface area contributed by atoms with Crippen LogP contribution in [0.25, 0.3) is 0 Å². The molecule has 0 heteroatoms. The fraction of sp³-hybridized carbons (Fsp3) is 0.838. The summed E-state index contributed by atoms with van der Waals surface area (Å²) in [5.74, 6) is 29.2. The van der Waals surface area contributed by atoms with Crippen LogP contribution in [-0.4, -0.2) is 0 Å². The molecule has 0 heterocycles. The van der Waals surface area contributed by atoms with Gasteiger partial charge in [0, 0.05) is 38.0 Å². The van der Waals surface area contributed by atoms with Crippen molar-refractivity contribution in [3.8, 4) is 35.5 Å². The monoisotopic (exact) mass is 502 g/mol. The van der Waals surface area contributed by atoms with E-state index in [-0.39, 0.29) is 0 Å². The summed E-state index contributed by atoms with van der Waals surface area (Å²) >= 11 is 0. The summed E-state index contributed by atoms with van der Waals surface area (Å²) in [4.78, 5) is 0. The first kappa shape index (κ1) is 30.2. The van der Waals surface area contributed by atoms with E-state index in [1.165, 1.54) is 64.2 Å². The summed E-state index contributed by atoms with van der Waals surface area (Å²) in [5.41, 5.74) is 0. The summed E-state index contributed by atoms with van der Waals surface area (Å²) < 4.78 is 0. The van der Waals surface area contributed by atoms with E-state index >= 15 is 0 Å². The molecule has 0 nitrogen and oxygen atoms in total. The molecule has 0 aliphatic heterocycles. The zero-order valence-corrected chi connectivity index (χ0v) is 25.4. The summed E-state index contributed by atoms with van der Waals surface area (Å²) in [7, 11) is 0. The highest BCUT2D eigenvalue weighted by atomic mass is 14.5. The van der Waals surface area contributed by atoms with Gasteiger partial charge in [-0.3, -0.25) is 0 Å². The van der Waals surface area contributed by atoms with Crippen LogP contribution in [0, 0.1) is 94.7 Å². The van der Waals surface area contributed by atoms with Gasteiger partial charge in [-0.25, -0.2) is 0 Å². The Labute approximate surface area is 232 Å². The van der Waals surface area contributed by atoms with Crippen LogP contribution in [-0.2, 0) is 0 Å². The van der Waals surface area contributed by atoms with Crippen LogP contribution in [0.4, 0.5) is 0 Å². The van der Waals surface area contributed by atoms with Gasteiger partial charge in [0.25, 0.3) is 0 Å². The van der Waals surface area contributed by atoms with Crippen molar-refractivity contribution in [2.24, 2.45) is 59.2 Å². The maximum Gasteiger partial charge on any atom is 0.0225 e. The van der Waals surface area contributed by atoms with Crippen molar-refractivity contribution in [2.75, 3.05) is 0 Å². The average molecular weight is 503 g/mol. The summed E-state index contributed by atoms with van der Waals surface area (Å²) in [6.07, 6.45) is 19.6. The number of fused-ring (bicyclic) bond motifs is 2. The Balaban J connectivity index is 0.000000155. The molecule has 0 radical (unpaired) electrons. The van der Waals surface area contributed by atoms with Gasteiger partial charge in [-0.05, 0) is 105 Å². The third-order valence-corrected chi connectivity index (χ3v) is 9.57. The third-order valence-electron chi connectivity index (χ3n) is 9.57. The maximum absolute atomic E-state index is 3.37. The van der Waals surface area contributed by atoms with Crippen LogP contribution in [0.3, 0.4) is 0 Å². The molecule has 5 aliphatic carbocycles. The van der Waals surface area contributed by atoms with Gasteiger partial charge in [-0.15, -0.1) is 29.6 Å². The van der Waals surface area contributed by atoms with Crippen LogP contribution < -0.4 is 0 Å². The van der Waals surface area contributed by atoms with Crippen LogP contribution in [0.15, 0.2) is 0 Å². The fourth-order valence-electron chi connectivity index (χ4n) is 7.39. The predicted octanol–water partition coefficient (Wildman–Crippen LogP) is 10.2. The van der Waals surface area contributed by atoms with E-state index in [0.29, 0.717) is 5.92 Å². The topological polar surface area (TPSA) is 0 Å². The summed E-state index contributed by atoms with van der Waals surface area (Å²) in [6, 6.07) is 0. The standard InChI is InChI=1S/2C13H20.C11H18/c2*1-10(2)9-13-11-7-5-3-4-6-8-12(11)13;1-10(2)11-8-6-4-3-5-7-9-11/h2*10-13H,5-9H2,1-2H3;10-11H,3-6,8H2,1-2H3/t2*11-,12+,13?;. The molecule has 37 heavy (non-hydrogen) atoms. The molecule has 5 aliphatic rings. The van der Waals surface area contributed by atoms with Crippen molar-refractivity contribution < 1.29 is 0 Å². The van der Waals surface area contributed by atoms with Crippen LogP contribution in [0.2, 0.25) is 0 Å². The highest BCUT2D eigenvalue weighted by molar-refractivity contribution is 5.09. The molecule has 5 rings (SSSR count). The highest BCUT2D eigenvalue weighted by Crippen LogP contribution is 2.56. The van der Waals surface area contributed by atoms with Gasteiger partial charge in [0.05, 0.1) is 0 Å². The molecule has 2 saturated carbocycles. The molecule has 0 aromatic rings. The molecule has 0 bridgehead atoms. The van der Waals surface area contributed by atoms with Crippen LogP contribution >= 0.6 is 0 Å². The quantitative estimate of drug-likeness (QED) is 0.328. The lowest BCUT2D eigenvalue weighted by Gasteiger charge is -2.15. The van der Waals surface area contributed by atoms with E-state index in [2.05, 4.69) is 77.1 Å². The highest BCUT2D eigenvalue weighted by Gasteiger charge is 2.48. The Morgan fingerprint density at radius 2 is 0.919 bits per heavy atom. The van der Waals surface area contributed by atoms with Crippen molar-refractivity contribution in [1.82, 2.24) is 0 Å². The Morgan fingerprint density at radius 3 is 1.30 bits per heavy atom.